The molecule has 46 nitrogen and oxygen atoms in total. The van der Waals surface area contributed by atoms with E-state index in [0.717, 1.165) is 55.6 Å². The van der Waals surface area contributed by atoms with Crippen molar-refractivity contribution in [1.82, 2.24) is 4.73 Å². The van der Waals surface area contributed by atoms with Crippen molar-refractivity contribution in [1.29, 1.82) is 5.41 Å². The molecule has 50 heteroatoms. The second kappa shape index (κ2) is 52.6. The molecule has 5 heterocycles. The van der Waals surface area contributed by atoms with Crippen LogP contribution in [0.5, 0.6) is 5.75 Å². The number of aliphatic hydroxyl groups is 2. The number of nitrogen functional groups attached to an aromatic ring is 4. The summed E-state index contributed by atoms with van der Waals surface area (Å²) in [7, 11) is -2.03. The van der Waals surface area contributed by atoms with E-state index in [0.29, 0.717) is 106 Å². The predicted molar refractivity (Wildman–Crippen MR) is 446 cm³/mol. The van der Waals surface area contributed by atoms with Gasteiger partial charge >= 0.3 is 0 Å². The molecule has 1 aliphatic carbocycles. The summed E-state index contributed by atoms with van der Waals surface area (Å²) in [5, 5.41) is 123. The van der Waals surface area contributed by atoms with Crippen LogP contribution in [0.15, 0.2) is 258 Å². The molecular weight excluding hydrogens is 1690 g/mol. The minimum Gasteiger partial charge on any atom is -0.707 e. The SMILES string of the molecule is CC1=CC(=NN=c2cc(C)ccn2O)C(N)=CC1=N.CN(C)c1ccc(N=Nc2ccc[n+](C)c2)c([N+](=O)[O-])c1.COc1cc(N=Nc2ccc[n+](C)c2)c(N)cc1N.CS(=O)(=O)O[O-].CS(=O)(=O)O[O-].CS(=O)(=O)O[O-].CS(=O)(=O)O[O-].C[n+]1cccc(N=Nc2ccc(N(CCO)CCO)cc2)c1.Cc1cc(N=Nc2ccc[n+](C)c2)c(N)cc1N. The number of nitrogens with zero attached hydrogens (tertiary/aromatic N) is 18. The molecule has 0 atom stereocenters. The molecule has 1 aliphatic rings. The molecule has 0 saturated heterocycles. The molecule has 0 radical (unpaired) electrons. The first-order chi connectivity index (χ1) is 57.6. The summed E-state index contributed by atoms with van der Waals surface area (Å²) in [6, 6.07) is 37.6. The van der Waals surface area contributed by atoms with Crippen LogP contribution in [-0.2, 0) is 86.0 Å². The molecule has 0 amide bonds. The van der Waals surface area contributed by atoms with Crippen LogP contribution in [0, 0.1) is 29.4 Å². The first-order valence-electron chi connectivity index (χ1n) is 34.8. The van der Waals surface area contributed by atoms with Gasteiger partial charge in [0.15, 0.2) is 60.7 Å². The number of anilines is 6. The topological polar surface area (TPSA) is 683 Å². The van der Waals surface area contributed by atoms with Crippen molar-refractivity contribution in [3.05, 3.63) is 233 Å². The Labute approximate surface area is 709 Å². The zero-order valence-corrected chi connectivity index (χ0v) is 72.2. The molecule has 0 unspecified atom stereocenters. The van der Waals surface area contributed by atoms with Crippen LogP contribution in [0.1, 0.15) is 18.1 Å². The molecule has 0 saturated carbocycles. The van der Waals surface area contributed by atoms with Crippen molar-refractivity contribution in [3.8, 4) is 5.75 Å². The van der Waals surface area contributed by atoms with Crippen molar-refractivity contribution < 1.29 is 115 Å². The Morgan fingerprint density at radius 2 is 0.878 bits per heavy atom. The highest BCUT2D eigenvalue weighted by Gasteiger charge is 2.17. The fourth-order valence-electron chi connectivity index (χ4n) is 8.58. The van der Waals surface area contributed by atoms with Gasteiger partial charge in [0, 0.05) is 86.8 Å². The van der Waals surface area contributed by atoms with Gasteiger partial charge in [0.25, 0.3) is 46.2 Å². The number of aromatic nitrogens is 5. The number of nitrogens with two attached hydrogens (primary N) is 5. The van der Waals surface area contributed by atoms with E-state index in [4.69, 9.17) is 70.1 Å². The zero-order chi connectivity index (χ0) is 93.0. The lowest BCUT2D eigenvalue weighted by atomic mass is 10.0. The van der Waals surface area contributed by atoms with E-state index < -0.39 is 45.4 Å². The van der Waals surface area contributed by atoms with Crippen LogP contribution in [-0.4, -0.2) is 143 Å². The Morgan fingerprint density at radius 3 is 1.26 bits per heavy atom. The van der Waals surface area contributed by atoms with Crippen molar-refractivity contribution in [2.75, 3.05) is 105 Å². The Bertz CT molecular complexity index is 5650. The van der Waals surface area contributed by atoms with Gasteiger partial charge in [0.2, 0.25) is 0 Å². The molecule has 4 aromatic carbocycles. The van der Waals surface area contributed by atoms with Gasteiger partial charge in [-0.3, -0.25) is 10.1 Å². The number of nitro groups is 1. The van der Waals surface area contributed by atoms with Crippen LogP contribution in [0.25, 0.3) is 0 Å². The summed E-state index contributed by atoms with van der Waals surface area (Å²) < 4.78 is 99.9. The highest BCUT2D eigenvalue weighted by atomic mass is 32.2. The molecule has 5 aromatic heterocycles. The maximum absolute atomic E-state index is 11.1. The van der Waals surface area contributed by atoms with Gasteiger partial charge in [0.1, 0.15) is 73.8 Å². The summed E-state index contributed by atoms with van der Waals surface area (Å²) in [6.45, 7) is 6.69. The summed E-state index contributed by atoms with van der Waals surface area (Å²) >= 11 is 0. The average molecular weight is 1790 g/mol. The molecule has 123 heavy (non-hydrogen) atoms. The van der Waals surface area contributed by atoms with Crippen LogP contribution < -0.4 is 88.0 Å². The lowest BCUT2D eigenvalue weighted by Gasteiger charge is -2.22. The van der Waals surface area contributed by atoms with E-state index in [1.54, 1.807) is 79.7 Å². The largest absolute Gasteiger partial charge is 0.707 e. The predicted octanol–water partition coefficient (Wildman–Crippen LogP) is 3.18. The van der Waals surface area contributed by atoms with Gasteiger partial charge in [-0.05, 0) is 141 Å². The number of aryl methyl sites for hydroxylation is 6. The van der Waals surface area contributed by atoms with E-state index in [-0.39, 0.29) is 24.6 Å². The molecule has 14 N–H and O–H groups in total. The highest BCUT2D eigenvalue weighted by Crippen LogP contribution is 2.35. The van der Waals surface area contributed by atoms with E-state index in [2.05, 4.69) is 68.5 Å². The number of pyridine rings is 5. The van der Waals surface area contributed by atoms with Gasteiger partial charge < -0.3 is 102 Å². The summed E-state index contributed by atoms with van der Waals surface area (Å²) in [6.07, 6.45) is 22.5. The third-order valence-electron chi connectivity index (χ3n) is 14.4. The van der Waals surface area contributed by atoms with Gasteiger partial charge in [-0.25, -0.2) is 51.9 Å². The molecule has 0 bridgehead atoms. The third-order valence-corrected chi connectivity index (χ3v) is 15.4. The van der Waals surface area contributed by atoms with Crippen LogP contribution in [0.2, 0.25) is 0 Å². The van der Waals surface area contributed by atoms with Crippen LogP contribution in [0.4, 0.5) is 85.3 Å². The number of hydrogen-bond acceptors (Lipinski definition) is 40. The van der Waals surface area contributed by atoms with Crippen LogP contribution >= 0.6 is 0 Å². The number of rotatable bonds is 21. The number of allylic oxidation sites excluding steroid dienone is 3. The molecule has 9 aromatic rings. The molecule has 0 spiro atoms. The monoisotopic (exact) mass is 1790 g/mol. The Hall–Kier alpha value is -13.3. The van der Waals surface area contributed by atoms with E-state index >= 15 is 0 Å². The summed E-state index contributed by atoms with van der Waals surface area (Å²) in [4.78, 5) is 14.4. The quantitative estimate of drug-likeness (QED) is 0.00729. The normalized spacial score (nSPS) is 12.2. The number of ether oxygens (including phenoxy) is 1. The number of nitro benzene ring substituents is 1. The number of nitrogens with one attached hydrogen (secondary N) is 1. The first-order valence-corrected chi connectivity index (χ1v) is 42.0. The van der Waals surface area contributed by atoms with E-state index in [1.807, 2.05) is 195 Å². The van der Waals surface area contributed by atoms with Crippen molar-refractivity contribution in [3.63, 3.8) is 0 Å². The molecule has 0 fully saturated rings. The van der Waals surface area contributed by atoms with Gasteiger partial charge in [-0.1, -0.05) is 0 Å². The molecule has 664 valence electrons. The molecule has 10 rings (SSSR count). The molecule has 0 aliphatic heterocycles. The lowest BCUT2D eigenvalue weighted by Crippen LogP contribution is -2.29. The zero-order valence-electron chi connectivity index (χ0n) is 69.0. The standard InChI is InChI=1S/C16H21N4O2.C14H16N5O2.C13H15N5O.C13H16N5O.C13H16N5.4CH4O4S/c1-19-8-2-3-15(13-19)18-17-14-4-6-16(7-5-14)20(9-11-21)10-12-22;1-17(2)12-6-7-13(14(9-12)19(20)21)16-15-11-5-4-8-18(3)10-11;1-8-3-4-18(19)13(5-8)17-16-12-6-9(2)10(14)7-11(12)15;1-18-5-3-4-9(8-18)16-17-12-7-13(19-2)11(15)6-10(12)14;1-9-6-13(12(15)7-11(9)14)17-16-10-4-3-5-18(2)8-10;4*1-6(3,4)5-2/h2-8,13,21-22H,9-12H2,1H3;4-10H,1-3H3;3-7,14,19H,15H2,1-2H3;3-8H,14-15H2,1-2H3;3-8H,14-15H2,1-2H3;4*2H,1H3/q2*+1;;2*+1;;;;/p-4. The minimum atomic E-state index is -3.72. The summed E-state index contributed by atoms with van der Waals surface area (Å²) in [5.41, 5.74) is 42.0. The Kier molecular flexibility index (Phi) is 45.2. The van der Waals surface area contributed by atoms with Gasteiger partial charge in [-0.2, -0.15) is 9.84 Å². The van der Waals surface area contributed by atoms with Gasteiger partial charge in [-0.15, -0.1) is 46.0 Å². The lowest BCUT2D eigenvalue weighted by molar-refractivity contribution is -0.671. The minimum absolute atomic E-state index is 0.0481. The van der Waals surface area contributed by atoms with Crippen molar-refractivity contribution >= 4 is 137 Å². The van der Waals surface area contributed by atoms with Gasteiger partial charge in [0.05, 0.1) is 84.4 Å². The second-order valence-electron chi connectivity index (χ2n) is 25.3. The Morgan fingerprint density at radius 1 is 0.496 bits per heavy atom. The van der Waals surface area contributed by atoms with E-state index in [1.165, 1.54) is 18.3 Å². The maximum atomic E-state index is 11.1. The van der Waals surface area contributed by atoms with Crippen molar-refractivity contribution in [2.24, 2.45) is 85.0 Å². The number of hydrogen-bond donors (Lipinski definition) is 9. The highest BCUT2D eigenvalue weighted by molar-refractivity contribution is 7.86. The maximum Gasteiger partial charge on any atom is 0.298 e. The fourth-order valence-corrected chi connectivity index (χ4v) is 8.58. The number of aliphatic hydroxyl groups excluding tert-OH is 2. The van der Waals surface area contributed by atoms with E-state index in [9.17, 15) is 49.0 Å². The number of benzene rings is 4. The fraction of sp³-hybridized carbons (Fsp3) is 0.247. The van der Waals surface area contributed by atoms with Crippen LogP contribution in [0.3, 0.4) is 0 Å². The average Bonchev–Trinajstić information content (AvgIpc) is 0.847. The second-order valence-corrected chi connectivity index (χ2v) is 31.5. The number of methoxy groups -OCH3 is 1. The summed E-state index contributed by atoms with van der Waals surface area (Å²) in [5.74, 6) is 0.529. The smallest absolute Gasteiger partial charge is 0.298 e. The first kappa shape index (κ1) is 106. The molecular formula is C73H96N24O22S4. The third kappa shape index (κ3) is 44.0. The number of azo groups is 4. The Balaban J connectivity index is 0.000000488. The van der Waals surface area contributed by atoms with Crippen molar-refractivity contribution in [2.45, 2.75) is 20.8 Å².